The molecule has 1 atom stereocenters. The van der Waals surface area contributed by atoms with Gasteiger partial charge in [-0.1, -0.05) is 30.3 Å². The van der Waals surface area contributed by atoms with E-state index in [4.69, 9.17) is 0 Å². The van der Waals surface area contributed by atoms with Crippen molar-refractivity contribution in [2.75, 3.05) is 6.54 Å². The first-order chi connectivity index (χ1) is 11.1. The van der Waals surface area contributed by atoms with Gasteiger partial charge >= 0.3 is 6.03 Å². The number of nitrogens with one attached hydrogen (secondary N) is 2. The number of benzene rings is 1. The fourth-order valence-corrected chi connectivity index (χ4v) is 2.70. The summed E-state index contributed by atoms with van der Waals surface area (Å²) in [5.74, 6) is -0.703. The zero-order chi connectivity index (χ0) is 18.0. The first kappa shape index (κ1) is 18.0. The summed E-state index contributed by atoms with van der Waals surface area (Å²) in [6.45, 7) is 6.99. The van der Waals surface area contributed by atoms with E-state index in [0.717, 1.165) is 10.5 Å². The fraction of sp³-hybridized carbons (Fsp3) is 0.500. The van der Waals surface area contributed by atoms with Crippen LogP contribution in [0.1, 0.15) is 39.7 Å². The maximum atomic E-state index is 12.6. The van der Waals surface area contributed by atoms with Gasteiger partial charge in [-0.05, 0) is 46.1 Å². The average molecular weight is 331 g/mol. The molecule has 24 heavy (non-hydrogen) atoms. The van der Waals surface area contributed by atoms with Crippen molar-refractivity contribution in [1.29, 1.82) is 0 Å². The van der Waals surface area contributed by atoms with Gasteiger partial charge in [-0.3, -0.25) is 14.5 Å². The van der Waals surface area contributed by atoms with Gasteiger partial charge in [-0.25, -0.2) is 4.79 Å². The number of aryl methyl sites for hydroxylation is 1. The van der Waals surface area contributed by atoms with Crippen molar-refractivity contribution in [3.63, 3.8) is 0 Å². The Hall–Kier alpha value is -2.37. The van der Waals surface area contributed by atoms with Gasteiger partial charge in [-0.15, -0.1) is 0 Å². The topological polar surface area (TPSA) is 78.5 Å². The quantitative estimate of drug-likeness (QED) is 0.808. The zero-order valence-electron chi connectivity index (χ0n) is 14.7. The molecule has 0 radical (unpaired) electrons. The van der Waals surface area contributed by atoms with Crippen LogP contribution in [0.15, 0.2) is 30.3 Å². The molecule has 0 unspecified atom stereocenters. The fourth-order valence-electron chi connectivity index (χ4n) is 2.70. The summed E-state index contributed by atoms with van der Waals surface area (Å²) in [5, 5.41) is 5.49. The molecule has 6 nitrogen and oxygen atoms in total. The van der Waals surface area contributed by atoms with E-state index in [1.165, 1.54) is 0 Å². The molecule has 1 aromatic carbocycles. The molecule has 2 N–H and O–H groups in total. The minimum absolute atomic E-state index is 0.261. The second kappa shape index (κ2) is 6.63. The largest absolute Gasteiger partial charge is 0.350 e. The SMILES string of the molecule is CC(C)(C)NC(=O)CN1C(=O)N[C@](C)(CCc2ccccc2)C1=O. The monoisotopic (exact) mass is 331 g/mol. The Morgan fingerprint density at radius 3 is 2.42 bits per heavy atom. The number of nitrogens with zero attached hydrogens (tertiary/aromatic N) is 1. The number of urea groups is 1. The average Bonchev–Trinajstić information content (AvgIpc) is 2.68. The van der Waals surface area contributed by atoms with Crippen LogP contribution in [-0.4, -0.2) is 40.4 Å². The van der Waals surface area contributed by atoms with Crippen molar-refractivity contribution in [2.24, 2.45) is 0 Å². The van der Waals surface area contributed by atoms with Gasteiger partial charge in [0.15, 0.2) is 0 Å². The minimum atomic E-state index is -0.977. The van der Waals surface area contributed by atoms with Gasteiger partial charge in [0.1, 0.15) is 12.1 Å². The van der Waals surface area contributed by atoms with Crippen LogP contribution in [0.4, 0.5) is 4.79 Å². The maximum Gasteiger partial charge on any atom is 0.325 e. The number of imide groups is 1. The molecule has 130 valence electrons. The summed E-state index contributed by atoms with van der Waals surface area (Å²) < 4.78 is 0. The van der Waals surface area contributed by atoms with Crippen LogP contribution in [0.3, 0.4) is 0 Å². The van der Waals surface area contributed by atoms with Gasteiger partial charge in [0.25, 0.3) is 5.91 Å². The van der Waals surface area contributed by atoms with Crippen molar-refractivity contribution in [2.45, 2.75) is 51.6 Å². The van der Waals surface area contributed by atoms with Crippen molar-refractivity contribution in [1.82, 2.24) is 15.5 Å². The number of rotatable bonds is 5. The number of carbonyl (C=O) groups is 3. The van der Waals surface area contributed by atoms with Crippen molar-refractivity contribution >= 4 is 17.8 Å². The normalized spacial score (nSPS) is 20.9. The van der Waals surface area contributed by atoms with E-state index < -0.39 is 17.1 Å². The summed E-state index contributed by atoms with van der Waals surface area (Å²) in [6, 6.07) is 9.27. The number of hydrogen-bond donors (Lipinski definition) is 2. The Bertz CT molecular complexity index is 637. The molecule has 0 spiro atoms. The lowest BCUT2D eigenvalue weighted by Crippen LogP contribution is -2.48. The summed E-state index contributed by atoms with van der Waals surface area (Å²) >= 11 is 0. The minimum Gasteiger partial charge on any atom is -0.350 e. The second-order valence-electron chi connectivity index (χ2n) is 7.44. The highest BCUT2D eigenvalue weighted by Gasteiger charge is 2.47. The van der Waals surface area contributed by atoms with E-state index in [-0.39, 0.29) is 18.4 Å². The van der Waals surface area contributed by atoms with Crippen LogP contribution in [0.5, 0.6) is 0 Å². The van der Waals surface area contributed by atoms with Crippen LogP contribution in [-0.2, 0) is 16.0 Å². The third kappa shape index (κ3) is 4.34. The van der Waals surface area contributed by atoms with Crippen molar-refractivity contribution in [3.8, 4) is 0 Å². The Morgan fingerprint density at radius 2 is 1.83 bits per heavy atom. The molecule has 1 heterocycles. The lowest BCUT2D eigenvalue weighted by Gasteiger charge is -2.23. The predicted octanol–water partition coefficient (Wildman–Crippen LogP) is 1.84. The third-order valence-electron chi connectivity index (χ3n) is 3.92. The molecule has 1 fully saturated rings. The number of amides is 4. The Labute approximate surface area is 142 Å². The van der Waals surface area contributed by atoms with Crippen LogP contribution in [0.25, 0.3) is 0 Å². The second-order valence-corrected chi connectivity index (χ2v) is 7.44. The van der Waals surface area contributed by atoms with Crippen molar-refractivity contribution in [3.05, 3.63) is 35.9 Å². The van der Waals surface area contributed by atoms with E-state index in [9.17, 15) is 14.4 Å². The summed E-state index contributed by atoms with van der Waals surface area (Å²) in [6.07, 6.45) is 1.16. The molecule has 6 heteroatoms. The molecular formula is C18H25N3O3. The highest BCUT2D eigenvalue weighted by atomic mass is 16.2. The van der Waals surface area contributed by atoms with Crippen molar-refractivity contribution < 1.29 is 14.4 Å². The molecule has 1 aromatic rings. The maximum absolute atomic E-state index is 12.6. The van der Waals surface area contributed by atoms with E-state index in [1.54, 1.807) is 6.92 Å². The van der Waals surface area contributed by atoms with E-state index in [2.05, 4.69) is 10.6 Å². The molecule has 0 aliphatic carbocycles. The molecule has 0 aromatic heterocycles. The van der Waals surface area contributed by atoms with Gasteiger partial charge in [-0.2, -0.15) is 0 Å². The van der Waals surface area contributed by atoms with Crippen LogP contribution in [0, 0.1) is 0 Å². The van der Waals surface area contributed by atoms with E-state index in [0.29, 0.717) is 12.8 Å². The third-order valence-corrected chi connectivity index (χ3v) is 3.92. The van der Waals surface area contributed by atoms with Crippen LogP contribution >= 0.6 is 0 Å². The Kier molecular flexibility index (Phi) is 4.96. The highest BCUT2D eigenvalue weighted by molar-refractivity contribution is 6.08. The van der Waals surface area contributed by atoms with E-state index in [1.807, 2.05) is 51.1 Å². The van der Waals surface area contributed by atoms with E-state index >= 15 is 0 Å². The summed E-state index contributed by atoms with van der Waals surface area (Å²) in [7, 11) is 0. The highest BCUT2D eigenvalue weighted by Crippen LogP contribution is 2.23. The summed E-state index contributed by atoms with van der Waals surface area (Å²) in [4.78, 5) is 37.8. The number of carbonyl (C=O) groups excluding carboxylic acids is 3. The molecule has 4 amide bonds. The predicted molar refractivity (Wildman–Crippen MR) is 91.3 cm³/mol. The van der Waals surface area contributed by atoms with Crippen LogP contribution in [0.2, 0.25) is 0 Å². The van der Waals surface area contributed by atoms with Gasteiger partial charge in [0.05, 0.1) is 0 Å². The van der Waals surface area contributed by atoms with Crippen LogP contribution < -0.4 is 10.6 Å². The van der Waals surface area contributed by atoms with Gasteiger partial charge in [0.2, 0.25) is 5.91 Å². The molecule has 1 aliphatic heterocycles. The lowest BCUT2D eigenvalue weighted by molar-refractivity contribution is -0.135. The molecule has 1 saturated heterocycles. The number of hydrogen-bond acceptors (Lipinski definition) is 3. The first-order valence-electron chi connectivity index (χ1n) is 8.10. The molecule has 1 aliphatic rings. The van der Waals surface area contributed by atoms with Gasteiger partial charge in [0, 0.05) is 5.54 Å². The Balaban J connectivity index is 2.00. The molecular weight excluding hydrogens is 306 g/mol. The molecule has 0 saturated carbocycles. The Morgan fingerprint density at radius 1 is 1.21 bits per heavy atom. The zero-order valence-corrected chi connectivity index (χ0v) is 14.7. The lowest BCUT2D eigenvalue weighted by atomic mass is 9.93. The standard InChI is InChI=1S/C18H25N3O3/c1-17(2,3)19-14(22)12-21-15(23)18(4,20-16(21)24)11-10-13-8-6-5-7-9-13/h5-9H,10-12H2,1-4H3,(H,19,22)(H,20,24)/t18-/m1/s1. The smallest absolute Gasteiger partial charge is 0.325 e. The summed E-state index contributed by atoms with van der Waals surface area (Å²) in [5.41, 5.74) is -0.285. The molecule has 0 bridgehead atoms. The van der Waals surface area contributed by atoms with Gasteiger partial charge < -0.3 is 10.6 Å². The molecule has 2 rings (SSSR count). The first-order valence-corrected chi connectivity index (χ1v) is 8.10.